The predicted octanol–water partition coefficient (Wildman–Crippen LogP) is 2.47. The zero-order chi connectivity index (χ0) is 15.4. The smallest absolute Gasteiger partial charge is 0.248 e. The number of carbonyl (C=O) groups is 1. The quantitative estimate of drug-likeness (QED) is 0.847. The Kier molecular flexibility index (Phi) is 4.31. The lowest BCUT2D eigenvalue weighted by atomic mass is 10.1. The number of nitrogens with two attached hydrogens (primary N) is 2. The number of halogens is 1. The number of rotatable bonds is 4. The Balaban J connectivity index is 2.13. The van der Waals surface area contributed by atoms with E-state index >= 15 is 0 Å². The molecule has 0 unspecified atom stereocenters. The number of amides is 1. The fraction of sp³-hybridized carbons (Fsp3) is 0.0667. The maximum atomic E-state index is 11.0. The fourth-order valence-electron chi connectivity index (χ4n) is 1.72. The molecule has 0 aliphatic carbocycles. The Labute approximate surface area is 126 Å². The van der Waals surface area contributed by atoms with E-state index in [1.807, 2.05) is 6.07 Å². The van der Waals surface area contributed by atoms with Crippen LogP contribution in [0.3, 0.4) is 0 Å². The zero-order valence-electron chi connectivity index (χ0n) is 11.0. The Hall–Kier alpha value is -2.71. The maximum Gasteiger partial charge on any atom is 0.248 e. The summed E-state index contributed by atoms with van der Waals surface area (Å²) in [5, 5.41) is 9.15. The SMILES string of the molecule is N#Cc1ccc(OCc2ccc(C(N)=O)cc2Cl)c(N)c1. The molecule has 0 aliphatic heterocycles. The number of anilines is 1. The highest BCUT2D eigenvalue weighted by molar-refractivity contribution is 6.31. The van der Waals surface area contributed by atoms with E-state index in [9.17, 15) is 4.79 Å². The molecule has 2 aromatic rings. The van der Waals surface area contributed by atoms with Crippen molar-refractivity contribution in [3.8, 4) is 11.8 Å². The first-order valence-electron chi connectivity index (χ1n) is 6.02. The van der Waals surface area contributed by atoms with Gasteiger partial charge in [0.2, 0.25) is 5.91 Å². The highest BCUT2D eigenvalue weighted by Crippen LogP contribution is 2.25. The summed E-state index contributed by atoms with van der Waals surface area (Å²) in [7, 11) is 0. The van der Waals surface area contributed by atoms with Crippen molar-refractivity contribution < 1.29 is 9.53 Å². The van der Waals surface area contributed by atoms with Gasteiger partial charge in [-0.1, -0.05) is 17.7 Å². The van der Waals surface area contributed by atoms with Crippen LogP contribution >= 0.6 is 11.6 Å². The first-order valence-corrected chi connectivity index (χ1v) is 6.39. The normalized spacial score (nSPS) is 9.90. The van der Waals surface area contributed by atoms with Crippen LogP contribution in [-0.4, -0.2) is 5.91 Å². The van der Waals surface area contributed by atoms with Gasteiger partial charge >= 0.3 is 0 Å². The van der Waals surface area contributed by atoms with E-state index in [2.05, 4.69) is 0 Å². The second-order valence-corrected chi connectivity index (χ2v) is 4.73. The van der Waals surface area contributed by atoms with E-state index in [0.717, 1.165) is 0 Å². The van der Waals surface area contributed by atoms with Crippen LogP contribution < -0.4 is 16.2 Å². The molecule has 0 fully saturated rings. The third-order valence-electron chi connectivity index (χ3n) is 2.86. The van der Waals surface area contributed by atoms with Crippen molar-refractivity contribution in [3.05, 3.63) is 58.1 Å². The summed E-state index contributed by atoms with van der Waals surface area (Å²) in [6.45, 7) is 0.188. The minimum atomic E-state index is -0.541. The van der Waals surface area contributed by atoms with Crippen molar-refractivity contribution in [3.63, 3.8) is 0 Å². The van der Waals surface area contributed by atoms with Crippen LogP contribution in [0.25, 0.3) is 0 Å². The molecule has 106 valence electrons. The summed E-state index contributed by atoms with van der Waals surface area (Å²) >= 11 is 6.07. The molecule has 0 aliphatic rings. The lowest BCUT2D eigenvalue weighted by molar-refractivity contribution is 0.1000. The summed E-state index contributed by atoms with van der Waals surface area (Å²) in [5.41, 5.74) is 12.8. The van der Waals surface area contributed by atoms with Gasteiger partial charge in [0.1, 0.15) is 12.4 Å². The van der Waals surface area contributed by atoms with E-state index < -0.39 is 5.91 Å². The Morgan fingerprint density at radius 3 is 2.62 bits per heavy atom. The van der Waals surface area contributed by atoms with E-state index in [1.54, 1.807) is 24.3 Å². The van der Waals surface area contributed by atoms with Crippen molar-refractivity contribution in [1.82, 2.24) is 0 Å². The number of carbonyl (C=O) groups excluding carboxylic acids is 1. The average Bonchev–Trinajstić information content (AvgIpc) is 2.46. The van der Waals surface area contributed by atoms with Crippen LogP contribution in [0.15, 0.2) is 36.4 Å². The van der Waals surface area contributed by atoms with E-state index in [4.69, 9.17) is 33.1 Å². The molecule has 2 rings (SSSR count). The standard InChI is InChI=1S/C15H12ClN3O2/c16-12-6-10(15(19)20)2-3-11(12)8-21-14-4-1-9(7-17)5-13(14)18/h1-6H,8,18H2,(H2,19,20). The number of primary amides is 1. The number of hydrogen-bond acceptors (Lipinski definition) is 4. The van der Waals surface area contributed by atoms with Gasteiger partial charge in [0.05, 0.1) is 17.3 Å². The fourth-order valence-corrected chi connectivity index (χ4v) is 1.96. The summed E-state index contributed by atoms with van der Waals surface area (Å²) in [5.74, 6) is -0.0789. The third-order valence-corrected chi connectivity index (χ3v) is 3.21. The summed E-state index contributed by atoms with van der Waals surface area (Å²) in [6, 6.07) is 11.5. The van der Waals surface area contributed by atoms with Crippen molar-refractivity contribution in [2.75, 3.05) is 5.73 Å². The molecule has 0 bridgehead atoms. The molecule has 4 N–H and O–H groups in total. The summed E-state index contributed by atoms with van der Waals surface area (Å²) in [6.07, 6.45) is 0. The monoisotopic (exact) mass is 301 g/mol. The maximum absolute atomic E-state index is 11.0. The molecule has 0 spiro atoms. The number of nitrogens with zero attached hydrogens (tertiary/aromatic N) is 1. The second-order valence-electron chi connectivity index (χ2n) is 4.32. The Bertz CT molecular complexity index is 738. The lowest BCUT2D eigenvalue weighted by Crippen LogP contribution is -2.11. The van der Waals surface area contributed by atoms with E-state index in [-0.39, 0.29) is 6.61 Å². The highest BCUT2D eigenvalue weighted by Gasteiger charge is 2.08. The van der Waals surface area contributed by atoms with Crippen molar-refractivity contribution >= 4 is 23.2 Å². The van der Waals surface area contributed by atoms with Crippen LogP contribution in [0.4, 0.5) is 5.69 Å². The molecule has 1 amide bonds. The van der Waals surface area contributed by atoms with E-state index in [0.29, 0.717) is 33.1 Å². The van der Waals surface area contributed by atoms with Crippen molar-refractivity contribution in [1.29, 1.82) is 5.26 Å². The van der Waals surface area contributed by atoms with Crippen molar-refractivity contribution in [2.24, 2.45) is 5.73 Å². The summed E-state index contributed by atoms with van der Waals surface area (Å²) in [4.78, 5) is 11.0. The topological polar surface area (TPSA) is 102 Å². The van der Waals surface area contributed by atoms with Crippen LogP contribution in [0.2, 0.25) is 5.02 Å². The largest absolute Gasteiger partial charge is 0.487 e. The van der Waals surface area contributed by atoms with Gasteiger partial charge in [-0.2, -0.15) is 5.26 Å². The van der Waals surface area contributed by atoms with Gasteiger partial charge in [0.25, 0.3) is 0 Å². The van der Waals surface area contributed by atoms with Crippen LogP contribution in [0.5, 0.6) is 5.75 Å². The number of nitriles is 1. The van der Waals surface area contributed by atoms with Gasteiger partial charge in [-0.3, -0.25) is 4.79 Å². The molecular weight excluding hydrogens is 290 g/mol. The molecule has 21 heavy (non-hydrogen) atoms. The van der Waals surface area contributed by atoms with Gasteiger partial charge in [-0.25, -0.2) is 0 Å². The number of nitrogen functional groups attached to an aromatic ring is 1. The molecule has 6 heteroatoms. The molecular formula is C15H12ClN3O2. The van der Waals surface area contributed by atoms with Gasteiger partial charge in [-0.05, 0) is 30.3 Å². The minimum absolute atomic E-state index is 0.188. The van der Waals surface area contributed by atoms with Gasteiger partial charge in [0, 0.05) is 16.1 Å². The first kappa shape index (κ1) is 14.7. The average molecular weight is 302 g/mol. The second kappa shape index (κ2) is 6.16. The van der Waals surface area contributed by atoms with Gasteiger partial charge in [0.15, 0.2) is 0 Å². The molecule has 0 saturated carbocycles. The highest BCUT2D eigenvalue weighted by atomic mass is 35.5. The first-order chi connectivity index (χ1) is 10.0. The molecule has 0 radical (unpaired) electrons. The van der Waals surface area contributed by atoms with E-state index in [1.165, 1.54) is 12.1 Å². The van der Waals surface area contributed by atoms with Gasteiger partial charge in [-0.15, -0.1) is 0 Å². The Morgan fingerprint density at radius 1 is 1.29 bits per heavy atom. The molecule has 5 nitrogen and oxygen atoms in total. The minimum Gasteiger partial charge on any atom is -0.487 e. The van der Waals surface area contributed by atoms with Crippen molar-refractivity contribution in [2.45, 2.75) is 6.61 Å². The van der Waals surface area contributed by atoms with Gasteiger partial charge < -0.3 is 16.2 Å². The van der Waals surface area contributed by atoms with Crippen LogP contribution in [-0.2, 0) is 6.61 Å². The molecule has 0 saturated heterocycles. The third kappa shape index (κ3) is 3.44. The molecule has 0 aromatic heterocycles. The predicted molar refractivity (Wildman–Crippen MR) is 79.9 cm³/mol. The molecule has 2 aromatic carbocycles. The zero-order valence-corrected chi connectivity index (χ0v) is 11.7. The number of hydrogen-bond donors (Lipinski definition) is 2. The van der Waals surface area contributed by atoms with Crippen LogP contribution in [0, 0.1) is 11.3 Å². The number of benzene rings is 2. The van der Waals surface area contributed by atoms with Crippen LogP contribution in [0.1, 0.15) is 21.5 Å². The number of ether oxygens (including phenoxy) is 1. The molecule has 0 atom stereocenters. The molecule has 0 heterocycles. The Morgan fingerprint density at radius 2 is 2.05 bits per heavy atom. The summed E-state index contributed by atoms with van der Waals surface area (Å²) < 4.78 is 5.57. The lowest BCUT2D eigenvalue weighted by Gasteiger charge is -2.10.